The van der Waals surface area contributed by atoms with E-state index in [4.69, 9.17) is 5.11 Å². The van der Waals surface area contributed by atoms with Crippen molar-refractivity contribution >= 4 is 5.91 Å². The molecular weight excluding hydrogens is 228 g/mol. The van der Waals surface area contributed by atoms with Gasteiger partial charge in [-0.15, -0.1) is 0 Å². The highest BCUT2D eigenvalue weighted by atomic mass is 19.1. The van der Waals surface area contributed by atoms with Crippen LogP contribution >= 0.6 is 0 Å². The maximum atomic E-state index is 13.4. The first-order valence-electron chi connectivity index (χ1n) is 5.50. The zero-order valence-corrected chi connectivity index (χ0v) is 9.20. The van der Waals surface area contributed by atoms with Crippen LogP contribution in [0, 0.1) is 11.6 Å². The fourth-order valence-corrected chi connectivity index (χ4v) is 2.11. The van der Waals surface area contributed by atoms with Crippen LogP contribution in [0.2, 0.25) is 0 Å². The fraction of sp³-hybridized carbons (Fsp3) is 0.417. The summed E-state index contributed by atoms with van der Waals surface area (Å²) in [6, 6.07) is 2.63. The number of hydrogen-bond acceptors (Lipinski definition) is 2. The van der Waals surface area contributed by atoms with Crippen molar-refractivity contribution in [2.24, 2.45) is 0 Å². The van der Waals surface area contributed by atoms with Crippen LogP contribution in [-0.2, 0) is 0 Å². The number of hydrogen-bond donors (Lipinski definition) is 1. The molecule has 17 heavy (non-hydrogen) atoms. The lowest BCUT2D eigenvalue weighted by Crippen LogP contribution is -2.38. The van der Waals surface area contributed by atoms with Crippen molar-refractivity contribution in [3.05, 3.63) is 35.4 Å². The van der Waals surface area contributed by atoms with Crippen molar-refractivity contribution < 1.29 is 18.7 Å². The summed E-state index contributed by atoms with van der Waals surface area (Å²) < 4.78 is 26.2. The number of likely N-dealkylation sites (tertiary alicyclic amines) is 1. The van der Waals surface area contributed by atoms with Crippen molar-refractivity contribution in [2.45, 2.75) is 18.9 Å². The number of amides is 1. The van der Waals surface area contributed by atoms with Crippen LogP contribution in [0.1, 0.15) is 23.2 Å². The van der Waals surface area contributed by atoms with Crippen LogP contribution in [0.5, 0.6) is 0 Å². The number of carbonyl (C=O) groups is 1. The van der Waals surface area contributed by atoms with E-state index in [0.29, 0.717) is 19.0 Å². The Morgan fingerprint density at radius 2 is 2.24 bits per heavy atom. The van der Waals surface area contributed by atoms with E-state index in [9.17, 15) is 13.6 Å². The second-order valence-electron chi connectivity index (χ2n) is 4.10. The van der Waals surface area contributed by atoms with Gasteiger partial charge in [0.2, 0.25) is 0 Å². The number of carbonyl (C=O) groups excluding carboxylic acids is 1. The molecule has 0 aliphatic carbocycles. The molecule has 0 aromatic heterocycles. The largest absolute Gasteiger partial charge is 0.394 e. The number of benzene rings is 1. The summed E-state index contributed by atoms with van der Waals surface area (Å²) in [5, 5.41) is 9.10. The fourth-order valence-electron chi connectivity index (χ4n) is 2.11. The van der Waals surface area contributed by atoms with E-state index in [-0.39, 0.29) is 18.2 Å². The Balaban J connectivity index is 2.24. The van der Waals surface area contributed by atoms with Crippen LogP contribution in [-0.4, -0.2) is 35.1 Å². The minimum absolute atomic E-state index is 0.130. The molecule has 1 saturated heterocycles. The molecule has 1 aromatic carbocycles. The molecule has 5 heteroatoms. The molecule has 1 aromatic rings. The molecule has 1 amide bonds. The minimum atomic E-state index is -0.862. The molecule has 92 valence electrons. The Hall–Kier alpha value is -1.49. The van der Waals surface area contributed by atoms with Gasteiger partial charge in [-0.25, -0.2) is 8.78 Å². The topological polar surface area (TPSA) is 40.5 Å². The Labute approximate surface area is 97.7 Å². The molecule has 2 rings (SSSR count). The van der Waals surface area contributed by atoms with Gasteiger partial charge in [0.1, 0.15) is 11.6 Å². The molecule has 3 nitrogen and oxygen atoms in total. The van der Waals surface area contributed by atoms with E-state index in [1.807, 2.05) is 0 Å². The third-order valence-electron chi connectivity index (χ3n) is 3.01. The van der Waals surface area contributed by atoms with E-state index in [2.05, 4.69) is 0 Å². The quantitative estimate of drug-likeness (QED) is 0.853. The highest BCUT2D eigenvalue weighted by Gasteiger charge is 2.30. The van der Waals surface area contributed by atoms with Crippen molar-refractivity contribution in [3.63, 3.8) is 0 Å². The zero-order valence-electron chi connectivity index (χ0n) is 9.20. The summed E-state index contributed by atoms with van der Waals surface area (Å²) in [7, 11) is 0. The number of halogens is 2. The van der Waals surface area contributed by atoms with Gasteiger partial charge in [0.05, 0.1) is 18.2 Å². The summed E-state index contributed by atoms with van der Waals surface area (Å²) in [5.41, 5.74) is -0.147. The zero-order chi connectivity index (χ0) is 12.4. The van der Waals surface area contributed by atoms with Crippen molar-refractivity contribution in [1.29, 1.82) is 0 Å². The molecule has 1 N–H and O–H groups in total. The van der Waals surface area contributed by atoms with Crippen LogP contribution in [0.4, 0.5) is 8.78 Å². The van der Waals surface area contributed by atoms with Gasteiger partial charge in [-0.2, -0.15) is 0 Å². The first kappa shape index (κ1) is 12.0. The van der Waals surface area contributed by atoms with Crippen molar-refractivity contribution in [1.82, 2.24) is 4.90 Å². The molecule has 1 unspecified atom stereocenters. The summed E-state index contributed by atoms with van der Waals surface area (Å²) in [6.07, 6.45) is 1.50. The van der Waals surface area contributed by atoms with E-state index in [1.54, 1.807) is 0 Å². The van der Waals surface area contributed by atoms with E-state index in [0.717, 1.165) is 18.6 Å². The minimum Gasteiger partial charge on any atom is -0.394 e. The molecule has 0 saturated carbocycles. The monoisotopic (exact) mass is 241 g/mol. The molecule has 1 fully saturated rings. The van der Waals surface area contributed by atoms with Gasteiger partial charge in [0.25, 0.3) is 5.91 Å². The summed E-state index contributed by atoms with van der Waals surface area (Å²) in [4.78, 5) is 13.4. The van der Waals surface area contributed by atoms with Crippen molar-refractivity contribution in [2.75, 3.05) is 13.2 Å². The maximum absolute atomic E-state index is 13.4. The molecule has 0 bridgehead atoms. The van der Waals surface area contributed by atoms with E-state index in [1.165, 1.54) is 4.90 Å². The van der Waals surface area contributed by atoms with Gasteiger partial charge in [0, 0.05) is 12.6 Å². The predicted molar refractivity (Wildman–Crippen MR) is 57.5 cm³/mol. The van der Waals surface area contributed by atoms with Gasteiger partial charge in [-0.1, -0.05) is 0 Å². The standard InChI is InChI=1S/C12H13F2NO2/c13-8-3-4-10(11(14)6-8)12(17)15-5-1-2-9(15)7-16/h3-4,6,9,16H,1-2,5,7H2. The first-order valence-corrected chi connectivity index (χ1v) is 5.50. The maximum Gasteiger partial charge on any atom is 0.257 e. The Bertz CT molecular complexity index is 437. The van der Waals surface area contributed by atoms with Crippen LogP contribution < -0.4 is 0 Å². The Morgan fingerprint density at radius 3 is 2.88 bits per heavy atom. The predicted octanol–water partition coefficient (Wildman–Crippen LogP) is 1.56. The Morgan fingerprint density at radius 1 is 1.47 bits per heavy atom. The third kappa shape index (κ3) is 2.29. The van der Waals surface area contributed by atoms with E-state index >= 15 is 0 Å². The second-order valence-corrected chi connectivity index (χ2v) is 4.10. The van der Waals surface area contributed by atoms with Gasteiger partial charge in [0.15, 0.2) is 0 Å². The lowest BCUT2D eigenvalue weighted by molar-refractivity contribution is 0.0673. The molecule has 1 atom stereocenters. The molecule has 1 heterocycles. The molecular formula is C12H13F2NO2. The molecule has 1 aliphatic rings. The van der Waals surface area contributed by atoms with Gasteiger partial charge < -0.3 is 10.0 Å². The van der Waals surface area contributed by atoms with Crippen molar-refractivity contribution in [3.8, 4) is 0 Å². The third-order valence-corrected chi connectivity index (χ3v) is 3.01. The smallest absolute Gasteiger partial charge is 0.257 e. The lowest BCUT2D eigenvalue weighted by Gasteiger charge is -2.23. The average Bonchev–Trinajstić information content (AvgIpc) is 2.76. The summed E-state index contributed by atoms with van der Waals surface area (Å²) in [5.74, 6) is -2.06. The number of rotatable bonds is 2. The summed E-state index contributed by atoms with van der Waals surface area (Å²) >= 11 is 0. The number of aliphatic hydroxyl groups excluding tert-OH is 1. The molecule has 0 spiro atoms. The highest BCUT2D eigenvalue weighted by molar-refractivity contribution is 5.94. The van der Waals surface area contributed by atoms with Gasteiger partial charge in [-0.3, -0.25) is 4.79 Å². The number of aliphatic hydroxyl groups is 1. The average molecular weight is 241 g/mol. The molecule has 0 radical (unpaired) electrons. The number of nitrogens with zero attached hydrogens (tertiary/aromatic N) is 1. The normalized spacial score (nSPS) is 19.7. The Kier molecular flexibility index (Phi) is 3.38. The van der Waals surface area contributed by atoms with Crippen LogP contribution in [0.15, 0.2) is 18.2 Å². The molecule has 1 aliphatic heterocycles. The van der Waals surface area contributed by atoms with E-state index < -0.39 is 17.5 Å². The van der Waals surface area contributed by atoms with Crippen LogP contribution in [0.3, 0.4) is 0 Å². The lowest BCUT2D eigenvalue weighted by atomic mass is 10.1. The van der Waals surface area contributed by atoms with Crippen LogP contribution in [0.25, 0.3) is 0 Å². The summed E-state index contributed by atoms with van der Waals surface area (Å²) in [6.45, 7) is 0.370. The van der Waals surface area contributed by atoms with Gasteiger partial charge >= 0.3 is 0 Å². The second kappa shape index (κ2) is 4.79. The first-order chi connectivity index (χ1) is 8.13. The highest BCUT2D eigenvalue weighted by Crippen LogP contribution is 2.21. The SMILES string of the molecule is O=C(c1ccc(F)cc1F)N1CCCC1CO. The van der Waals surface area contributed by atoms with Gasteiger partial charge in [-0.05, 0) is 25.0 Å².